The lowest BCUT2D eigenvalue weighted by Crippen LogP contribution is -2.48. The van der Waals surface area contributed by atoms with Gasteiger partial charge in [-0.05, 0) is 31.7 Å². The second-order valence-corrected chi connectivity index (χ2v) is 6.17. The first kappa shape index (κ1) is 17.5. The predicted molar refractivity (Wildman–Crippen MR) is 89.8 cm³/mol. The molecule has 2 saturated heterocycles. The summed E-state index contributed by atoms with van der Waals surface area (Å²) >= 11 is 0. The van der Waals surface area contributed by atoms with Gasteiger partial charge >= 0.3 is 0 Å². The first-order valence-electron chi connectivity index (χ1n) is 7.53. The number of carbonyl (C=O) groups excluding carboxylic acids is 1. The molecule has 2 unspecified atom stereocenters. The molecule has 1 amide bonds. The van der Waals surface area contributed by atoms with Gasteiger partial charge in [0.2, 0.25) is 0 Å². The topological polar surface area (TPSA) is 102 Å². The van der Waals surface area contributed by atoms with Gasteiger partial charge in [-0.1, -0.05) is 6.07 Å². The van der Waals surface area contributed by atoms with Gasteiger partial charge in [0.15, 0.2) is 0 Å². The van der Waals surface area contributed by atoms with E-state index in [0.717, 1.165) is 25.7 Å². The van der Waals surface area contributed by atoms with Gasteiger partial charge in [-0.25, -0.2) is 0 Å². The fourth-order valence-electron chi connectivity index (χ4n) is 3.60. The highest BCUT2D eigenvalue weighted by Crippen LogP contribution is 2.31. The van der Waals surface area contributed by atoms with E-state index in [-0.39, 0.29) is 41.3 Å². The van der Waals surface area contributed by atoms with Crippen LogP contribution in [-0.2, 0) is 0 Å². The second-order valence-electron chi connectivity index (χ2n) is 6.17. The Hall–Kier alpha value is -1.86. The third-order valence-electron chi connectivity index (χ3n) is 4.83. The monoisotopic (exact) mass is 340 g/mol. The summed E-state index contributed by atoms with van der Waals surface area (Å²) in [6.45, 7) is 0. The van der Waals surface area contributed by atoms with Crippen molar-refractivity contribution in [2.24, 2.45) is 0 Å². The molecule has 1 aromatic rings. The minimum atomic E-state index is -0.559. The Labute approximate surface area is 140 Å². The summed E-state index contributed by atoms with van der Waals surface area (Å²) in [5.74, 6) is -0.243. The van der Waals surface area contributed by atoms with Gasteiger partial charge in [0.25, 0.3) is 11.6 Å². The maximum Gasteiger partial charge on any atom is 0.292 e. The number of nitrogens with two attached hydrogens (primary N) is 1. The summed E-state index contributed by atoms with van der Waals surface area (Å²) in [5.41, 5.74) is 5.76. The van der Waals surface area contributed by atoms with E-state index >= 15 is 0 Å². The van der Waals surface area contributed by atoms with Crippen LogP contribution in [-0.4, -0.2) is 40.9 Å². The zero-order valence-electron chi connectivity index (χ0n) is 12.9. The minimum Gasteiger partial charge on any atom is -0.393 e. The second kappa shape index (κ2) is 6.72. The standard InChI is InChI=1S/C15H20N4O3.ClH/c1-18(11-7-9-5-6-10(8-11)17-9)15(20)12-3-2-4-13(14(12)16)19(21)22;/h2-4,9-11,17H,5-8,16H2,1H3;1H. The summed E-state index contributed by atoms with van der Waals surface area (Å²) in [6.07, 6.45) is 4.16. The van der Waals surface area contributed by atoms with Crippen molar-refractivity contribution in [3.63, 3.8) is 0 Å². The van der Waals surface area contributed by atoms with E-state index in [9.17, 15) is 14.9 Å². The summed E-state index contributed by atoms with van der Waals surface area (Å²) in [5, 5.41) is 14.5. The van der Waals surface area contributed by atoms with Crippen molar-refractivity contribution < 1.29 is 9.72 Å². The molecule has 7 nitrogen and oxygen atoms in total. The molecule has 0 spiro atoms. The molecule has 2 aliphatic heterocycles. The highest BCUT2D eigenvalue weighted by molar-refractivity contribution is 6.01. The molecule has 23 heavy (non-hydrogen) atoms. The van der Waals surface area contributed by atoms with Crippen LogP contribution in [0.2, 0.25) is 0 Å². The molecular formula is C15H21ClN4O3. The van der Waals surface area contributed by atoms with Crippen molar-refractivity contribution in [2.45, 2.75) is 43.8 Å². The molecule has 0 saturated carbocycles. The third kappa shape index (κ3) is 3.25. The molecule has 0 radical (unpaired) electrons. The Bertz CT molecular complexity index is 613. The summed E-state index contributed by atoms with van der Waals surface area (Å²) in [6, 6.07) is 5.47. The Morgan fingerprint density at radius 2 is 1.96 bits per heavy atom. The first-order chi connectivity index (χ1) is 10.5. The van der Waals surface area contributed by atoms with Crippen molar-refractivity contribution in [3.8, 4) is 0 Å². The molecule has 3 rings (SSSR count). The van der Waals surface area contributed by atoms with E-state index in [1.165, 1.54) is 12.1 Å². The number of nitrogens with one attached hydrogen (secondary N) is 1. The number of rotatable bonds is 3. The number of hydrogen-bond donors (Lipinski definition) is 2. The molecule has 2 heterocycles. The number of halogens is 1. The van der Waals surface area contributed by atoms with Crippen molar-refractivity contribution >= 4 is 29.7 Å². The quantitative estimate of drug-likeness (QED) is 0.497. The number of fused-ring (bicyclic) bond motifs is 2. The number of nitrogens with zero attached hydrogens (tertiary/aromatic N) is 2. The molecule has 2 aliphatic rings. The van der Waals surface area contributed by atoms with Crippen LogP contribution >= 0.6 is 12.4 Å². The van der Waals surface area contributed by atoms with E-state index in [1.807, 2.05) is 0 Å². The highest BCUT2D eigenvalue weighted by atomic mass is 35.5. The van der Waals surface area contributed by atoms with Crippen LogP contribution in [0.4, 0.5) is 11.4 Å². The number of para-hydroxylation sites is 1. The normalized spacial score (nSPS) is 25.5. The highest BCUT2D eigenvalue weighted by Gasteiger charge is 2.37. The average molecular weight is 341 g/mol. The molecule has 2 atom stereocenters. The van der Waals surface area contributed by atoms with E-state index < -0.39 is 4.92 Å². The Kier molecular flexibility index (Phi) is 5.11. The number of nitro benzene ring substituents is 1. The van der Waals surface area contributed by atoms with Crippen LogP contribution in [0.1, 0.15) is 36.0 Å². The zero-order valence-corrected chi connectivity index (χ0v) is 13.7. The lowest BCUT2D eigenvalue weighted by molar-refractivity contribution is -0.383. The molecule has 1 aromatic carbocycles. The van der Waals surface area contributed by atoms with Crippen LogP contribution in [0.5, 0.6) is 0 Å². The van der Waals surface area contributed by atoms with Gasteiger partial charge in [0.1, 0.15) is 5.69 Å². The van der Waals surface area contributed by atoms with Crippen molar-refractivity contribution in [1.82, 2.24) is 10.2 Å². The molecule has 8 heteroatoms. The first-order valence-corrected chi connectivity index (χ1v) is 7.53. The zero-order chi connectivity index (χ0) is 15.9. The van der Waals surface area contributed by atoms with E-state index in [2.05, 4.69) is 5.32 Å². The Morgan fingerprint density at radius 3 is 2.52 bits per heavy atom. The number of nitrogen functional groups attached to an aromatic ring is 1. The van der Waals surface area contributed by atoms with Crippen LogP contribution in [0.3, 0.4) is 0 Å². The number of anilines is 1. The number of amides is 1. The molecule has 2 fully saturated rings. The van der Waals surface area contributed by atoms with E-state index in [4.69, 9.17) is 5.73 Å². The van der Waals surface area contributed by atoms with E-state index in [1.54, 1.807) is 18.0 Å². The third-order valence-corrected chi connectivity index (χ3v) is 4.83. The van der Waals surface area contributed by atoms with Gasteiger partial charge < -0.3 is 16.0 Å². The molecule has 0 aliphatic carbocycles. The average Bonchev–Trinajstić information content (AvgIpc) is 2.84. The maximum atomic E-state index is 12.7. The fraction of sp³-hybridized carbons (Fsp3) is 0.533. The Morgan fingerprint density at radius 1 is 1.35 bits per heavy atom. The van der Waals surface area contributed by atoms with Gasteiger partial charge in [-0.2, -0.15) is 0 Å². The lowest BCUT2D eigenvalue weighted by atomic mass is 9.97. The van der Waals surface area contributed by atoms with Crippen LogP contribution in [0, 0.1) is 10.1 Å². The summed E-state index contributed by atoms with van der Waals surface area (Å²) < 4.78 is 0. The predicted octanol–water partition coefficient (Wildman–Crippen LogP) is 1.95. The number of carbonyl (C=O) groups is 1. The number of piperidine rings is 1. The molecule has 0 aromatic heterocycles. The van der Waals surface area contributed by atoms with Gasteiger partial charge in [-0.3, -0.25) is 14.9 Å². The largest absolute Gasteiger partial charge is 0.393 e. The smallest absolute Gasteiger partial charge is 0.292 e. The Balaban J connectivity index is 0.00000192. The number of hydrogen-bond acceptors (Lipinski definition) is 5. The van der Waals surface area contributed by atoms with Crippen LogP contribution in [0.25, 0.3) is 0 Å². The number of nitro groups is 1. The van der Waals surface area contributed by atoms with Gasteiger partial charge in [0, 0.05) is 31.2 Å². The summed E-state index contributed by atoms with van der Waals surface area (Å²) in [7, 11) is 1.76. The van der Waals surface area contributed by atoms with Crippen LogP contribution < -0.4 is 11.1 Å². The van der Waals surface area contributed by atoms with Crippen molar-refractivity contribution in [3.05, 3.63) is 33.9 Å². The molecule has 126 valence electrons. The fourth-order valence-corrected chi connectivity index (χ4v) is 3.60. The van der Waals surface area contributed by atoms with Crippen molar-refractivity contribution in [1.29, 1.82) is 0 Å². The molecular weight excluding hydrogens is 320 g/mol. The van der Waals surface area contributed by atoms with Crippen molar-refractivity contribution in [2.75, 3.05) is 12.8 Å². The van der Waals surface area contributed by atoms with Crippen LogP contribution in [0.15, 0.2) is 18.2 Å². The number of benzene rings is 1. The van der Waals surface area contributed by atoms with E-state index in [0.29, 0.717) is 12.1 Å². The lowest BCUT2D eigenvalue weighted by Gasteiger charge is -2.35. The van der Waals surface area contributed by atoms with Gasteiger partial charge in [0.05, 0.1) is 10.5 Å². The molecule has 2 bridgehead atoms. The minimum absolute atomic E-state index is 0. The maximum absolute atomic E-state index is 12.7. The molecule has 3 N–H and O–H groups in total. The van der Waals surface area contributed by atoms with Gasteiger partial charge in [-0.15, -0.1) is 12.4 Å². The summed E-state index contributed by atoms with van der Waals surface area (Å²) in [4.78, 5) is 24.8. The SMILES string of the molecule is CN(C(=O)c1cccc([N+](=O)[O-])c1N)C1CC2CCC(C1)N2.Cl.